The predicted octanol–water partition coefficient (Wildman–Crippen LogP) is 5.64. The highest BCUT2D eigenvalue weighted by atomic mass is 35.5. The van der Waals surface area contributed by atoms with Crippen molar-refractivity contribution >= 4 is 46.0 Å². The van der Waals surface area contributed by atoms with Crippen LogP contribution >= 0.6 is 23.2 Å². The van der Waals surface area contributed by atoms with Crippen LogP contribution in [0.25, 0.3) is 17.0 Å². The SMILES string of the molecule is O=C(C=Cc1ccc(Cl)cc1Cl)c1cc2ccccc2o1. The van der Waals surface area contributed by atoms with Gasteiger partial charge in [0.05, 0.1) is 0 Å². The zero-order chi connectivity index (χ0) is 14.8. The van der Waals surface area contributed by atoms with E-state index < -0.39 is 0 Å². The fourth-order valence-corrected chi connectivity index (χ4v) is 2.46. The van der Waals surface area contributed by atoms with Crippen LogP contribution in [-0.4, -0.2) is 5.78 Å². The average molecular weight is 317 g/mol. The van der Waals surface area contributed by atoms with Gasteiger partial charge in [0, 0.05) is 15.4 Å². The molecule has 0 saturated carbocycles. The summed E-state index contributed by atoms with van der Waals surface area (Å²) in [6, 6.07) is 14.3. The highest BCUT2D eigenvalue weighted by molar-refractivity contribution is 6.35. The van der Waals surface area contributed by atoms with Gasteiger partial charge in [-0.25, -0.2) is 0 Å². The molecule has 0 unspecified atom stereocenters. The number of rotatable bonds is 3. The Labute approximate surface area is 131 Å². The van der Waals surface area contributed by atoms with Crippen molar-refractivity contribution in [2.24, 2.45) is 0 Å². The number of ketones is 1. The second-order valence-electron chi connectivity index (χ2n) is 4.51. The van der Waals surface area contributed by atoms with Gasteiger partial charge in [0.15, 0.2) is 5.76 Å². The van der Waals surface area contributed by atoms with Crippen LogP contribution in [0.2, 0.25) is 10.0 Å². The Morgan fingerprint density at radius 2 is 1.86 bits per heavy atom. The summed E-state index contributed by atoms with van der Waals surface area (Å²) in [7, 11) is 0. The van der Waals surface area contributed by atoms with Crippen molar-refractivity contribution in [3.05, 3.63) is 76.0 Å². The molecule has 4 heteroatoms. The number of carbonyl (C=O) groups is 1. The van der Waals surface area contributed by atoms with Gasteiger partial charge in [-0.05, 0) is 42.0 Å². The third-order valence-corrected chi connectivity index (χ3v) is 3.61. The number of hydrogen-bond acceptors (Lipinski definition) is 2. The molecule has 0 fully saturated rings. The van der Waals surface area contributed by atoms with Gasteiger partial charge in [0.25, 0.3) is 0 Å². The van der Waals surface area contributed by atoms with Crippen LogP contribution in [0.4, 0.5) is 0 Å². The number of fused-ring (bicyclic) bond motifs is 1. The zero-order valence-corrected chi connectivity index (χ0v) is 12.4. The van der Waals surface area contributed by atoms with Crippen molar-refractivity contribution in [3.8, 4) is 0 Å². The second-order valence-corrected chi connectivity index (χ2v) is 5.36. The largest absolute Gasteiger partial charge is 0.453 e. The molecule has 0 aliphatic carbocycles. The molecule has 1 heterocycles. The monoisotopic (exact) mass is 316 g/mol. The Morgan fingerprint density at radius 3 is 2.62 bits per heavy atom. The lowest BCUT2D eigenvalue weighted by Gasteiger charge is -1.98. The lowest BCUT2D eigenvalue weighted by Crippen LogP contribution is -1.90. The first kappa shape index (κ1) is 13.9. The molecule has 0 bridgehead atoms. The molecule has 104 valence electrons. The molecule has 0 radical (unpaired) electrons. The number of carbonyl (C=O) groups excluding carboxylic acids is 1. The topological polar surface area (TPSA) is 30.2 Å². The minimum absolute atomic E-state index is 0.211. The first-order valence-electron chi connectivity index (χ1n) is 6.29. The summed E-state index contributed by atoms with van der Waals surface area (Å²) < 4.78 is 5.51. The normalized spacial score (nSPS) is 11.3. The summed E-state index contributed by atoms with van der Waals surface area (Å²) in [6.07, 6.45) is 3.08. The van der Waals surface area contributed by atoms with E-state index in [1.165, 1.54) is 6.08 Å². The Hall–Kier alpha value is -2.03. The molecular formula is C17H10Cl2O2. The molecule has 0 atom stereocenters. The quantitative estimate of drug-likeness (QED) is 0.462. The van der Waals surface area contributed by atoms with Crippen LogP contribution in [0.5, 0.6) is 0 Å². The van der Waals surface area contributed by atoms with Gasteiger partial charge in [-0.2, -0.15) is 0 Å². The van der Waals surface area contributed by atoms with Gasteiger partial charge < -0.3 is 4.42 Å². The van der Waals surface area contributed by atoms with E-state index in [4.69, 9.17) is 27.6 Å². The molecule has 0 aliphatic heterocycles. The molecular weight excluding hydrogens is 307 g/mol. The van der Waals surface area contributed by atoms with E-state index in [9.17, 15) is 4.79 Å². The van der Waals surface area contributed by atoms with E-state index in [1.54, 1.807) is 30.3 Å². The number of para-hydroxylation sites is 1. The first-order chi connectivity index (χ1) is 10.1. The maximum absolute atomic E-state index is 12.1. The van der Waals surface area contributed by atoms with Gasteiger partial charge >= 0.3 is 0 Å². The van der Waals surface area contributed by atoms with E-state index >= 15 is 0 Å². The summed E-state index contributed by atoms with van der Waals surface area (Å²) >= 11 is 11.9. The zero-order valence-electron chi connectivity index (χ0n) is 10.8. The van der Waals surface area contributed by atoms with Crippen molar-refractivity contribution < 1.29 is 9.21 Å². The molecule has 0 N–H and O–H groups in total. The van der Waals surface area contributed by atoms with Crippen molar-refractivity contribution in [3.63, 3.8) is 0 Å². The van der Waals surface area contributed by atoms with Crippen LogP contribution in [0.15, 0.2) is 59.0 Å². The third kappa shape index (κ3) is 3.02. The molecule has 2 nitrogen and oxygen atoms in total. The van der Waals surface area contributed by atoms with Crippen molar-refractivity contribution in [1.82, 2.24) is 0 Å². The van der Waals surface area contributed by atoms with Gasteiger partial charge in [0.2, 0.25) is 5.78 Å². The van der Waals surface area contributed by atoms with Gasteiger partial charge in [-0.1, -0.05) is 47.5 Å². The molecule has 2 aromatic carbocycles. The summed E-state index contributed by atoms with van der Waals surface area (Å²) in [5, 5.41) is 1.95. The number of hydrogen-bond donors (Lipinski definition) is 0. The fourth-order valence-electron chi connectivity index (χ4n) is 1.99. The molecule has 21 heavy (non-hydrogen) atoms. The minimum atomic E-state index is -0.211. The highest BCUT2D eigenvalue weighted by Gasteiger charge is 2.09. The summed E-state index contributed by atoms with van der Waals surface area (Å²) in [5.74, 6) is 0.0924. The summed E-state index contributed by atoms with van der Waals surface area (Å²) in [4.78, 5) is 12.1. The van der Waals surface area contributed by atoms with E-state index in [0.29, 0.717) is 21.4 Å². The second kappa shape index (κ2) is 5.76. The molecule has 1 aromatic heterocycles. The van der Waals surface area contributed by atoms with E-state index in [2.05, 4.69) is 0 Å². The molecule has 0 aliphatic rings. The number of furan rings is 1. The molecule has 3 aromatic rings. The van der Waals surface area contributed by atoms with Gasteiger partial charge in [0.1, 0.15) is 5.58 Å². The maximum Gasteiger partial charge on any atom is 0.221 e. The molecule has 3 rings (SSSR count). The standard InChI is InChI=1S/C17H10Cl2O2/c18-13-7-5-11(14(19)10-13)6-8-15(20)17-9-12-3-1-2-4-16(12)21-17/h1-10H. The number of benzene rings is 2. The predicted molar refractivity (Wildman–Crippen MR) is 86.0 cm³/mol. The minimum Gasteiger partial charge on any atom is -0.453 e. The Balaban J connectivity index is 1.86. The van der Waals surface area contributed by atoms with Crippen molar-refractivity contribution in [2.75, 3.05) is 0 Å². The maximum atomic E-state index is 12.1. The lowest BCUT2D eigenvalue weighted by atomic mass is 10.1. The number of allylic oxidation sites excluding steroid dienone is 1. The smallest absolute Gasteiger partial charge is 0.221 e. The van der Waals surface area contributed by atoms with Crippen LogP contribution in [0.3, 0.4) is 0 Å². The summed E-state index contributed by atoms with van der Waals surface area (Å²) in [6.45, 7) is 0. The number of halogens is 2. The lowest BCUT2D eigenvalue weighted by molar-refractivity contribution is 0.102. The Morgan fingerprint density at radius 1 is 1.05 bits per heavy atom. The van der Waals surface area contributed by atoms with E-state index in [0.717, 1.165) is 10.9 Å². The van der Waals surface area contributed by atoms with Gasteiger partial charge in [-0.3, -0.25) is 4.79 Å². The highest BCUT2D eigenvalue weighted by Crippen LogP contribution is 2.23. The molecule has 0 spiro atoms. The van der Waals surface area contributed by atoms with E-state index in [1.807, 2.05) is 24.3 Å². The average Bonchev–Trinajstić information content (AvgIpc) is 2.90. The van der Waals surface area contributed by atoms with Crippen LogP contribution in [0, 0.1) is 0 Å². The fraction of sp³-hybridized carbons (Fsp3) is 0. The first-order valence-corrected chi connectivity index (χ1v) is 7.05. The van der Waals surface area contributed by atoms with Crippen LogP contribution in [-0.2, 0) is 0 Å². The van der Waals surface area contributed by atoms with Crippen LogP contribution in [0.1, 0.15) is 16.1 Å². The summed E-state index contributed by atoms with van der Waals surface area (Å²) in [5.41, 5.74) is 1.42. The Bertz CT molecular complexity index is 814. The van der Waals surface area contributed by atoms with Crippen molar-refractivity contribution in [1.29, 1.82) is 0 Å². The third-order valence-electron chi connectivity index (χ3n) is 3.05. The van der Waals surface area contributed by atoms with Gasteiger partial charge in [-0.15, -0.1) is 0 Å². The molecule has 0 amide bonds. The van der Waals surface area contributed by atoms with Crippen LogP contribution < -0.4 is 0 Å². The van der Waals surface area contributed by atoms with Crippen molar-refractivity contribution in [2.45, 2.75) is 0 Å². The van der Waals surface area contributed by atoms with E-state index in [-0.39, 0.29) is 5.78 Å². The Kier molecular flexibility index (Phi) is 3.82. The molecule has 0 saturated heterocycles.